The Bertz CT molecular complexity index is 427. The molecule has 0 aromatic carbocycles. The van der Waals surface area contributed by atoms with Crippen LogP contribution in [-0.2, 0) is 9.59 Å². The van der Waals surface area contributed by atoms with E-state index in [2.05, 4.69) is 13.8 Å². The molecule has 1 aliphatic rings. The van der Waals surface area contributed by atoms with Crippen molar-refractivity contribution in [3.8, 4) is 0 Å². The van der Waals surface area contributed by atoms with E-state index in [1.807, 2.05) is 24.6 Å². The van der Waals surface area contributed by atoms with Crippen LogP contribution in [-0.4, -0.2) is 38.4 Å². The fraction of sp³-hybridized carbons (Fsp3) is 0.889. The summed E-state index contributed by atoms with van der Waals surface area (Å²) in [6.07, 6.45) is 6.29. The van der Waals surface area contributed by atoms with Gasteiger partial charge in [-0.05, 0) is 32.6 Å². The number of hydrogen-bond acceptors (Lipinski definition) is 6. The number of carboxylic acids is 1. The van der Waals surface area contributed by atoms with E-state index in [9.17, 15) is 14.7 Å². The molecule has 146 valence electrons. The minimum atomic E-state index is -0.852. The highest BCUT2D eigenvalue weighted by atomic mass is 33.1. The van der Waals surface area contributed by atoms with Crippen molar-refractivity contribution in [1.29, 1.82) is 0 Å². The highest BCUT2D eigenvalue weighted by Crippen LogP contribution is 2.44. The highest BCUT2D eigenvalue weighted by Gasteiger charge is 2.34. The molecule has 7 heteroatoms. The van der Waals surface area contributed by atoms with Crippen LogP contribution in [0.5, 0.6) is 0 Å². The molecule has 1 saturated heterocycles. The fourth-order valence-electron chi connectivity index (χ4n) is 2.46. The summed E-state index contributed by atoms with van der Waals surface area (Å²) in [5.74, 6) is 0.967. The van der Waals surface area contributed by atoms with Crippen LogP contribution in [0.15, 0.2) is 0 Å². The molecule has 0 unspecified atom stereocenters. The lowest BCUT2D eigenvalue weighted by molar-refractivity contribution is -0.143. The minimum absolute atomic E-state index is 0.0575. The fourth-order valence-corrected chi connectivity index (χ4v) is 8.06. The smallest absolute Gasteiger partial charge is 0.307 e. The molecule has 0 saturated carbocycles. The van der Waals surface area contributed by atoms with Crippen LogP contribution in [0.2, 0.25) is 0 Å². The van der Waals surface area contributed by atoms with E-state index >= 15 is 0 Å². The molecule has 0 aromatic rings. The van der Waals surface area contributed by atoms with Crippen molar-refractivity contribution in [1.82, 2.24) is 0 Å². The van der Waals surface area contributed by atoms with Crippen LogP contribution in [0.25, 0.3) is 0 Å². The van der Waals surface area contributed by atoms with Crippen LogP contribution < -0.4 is 0 Å². The Morgan fingerprint density at radius 3 is 2.64 bits per heavy atom. The molecule has 1 N–H and O–H groups in total. The van der Waals surface area contributed by atoms with Gasteiger partial charge in [-0.25, -0.2) is 0 Å². The molecular weight excluding hydrogens is 392 g/mol. The number of ketones is 1. The molecule has 1 heterocycles. The zero-order valence-corrected chi connectivity index (χ0v) is 19.1. The average Bonchev–Trinajstić information content (AvgIpc) is 2.52. The third-order valence-electron chi connectivity index (χ3n) is 4.28. The van der Waals surface area contributed by atoms with Gasteiger partial charge >= 0.3 is 5.97 Å². The Labute approximate surface area is 168 Å². The topological polar surface area (TPSA) is 54.4 Å². The van der Waals surface area contributed by atoms with Crippen molar-refractivity contribution in [3.63, 3.8) is 0 Å². The highest BCUT2D eigenvalue weighted by molar-refractivity contribution is 8.77. The van der Waals surface area contributed by atoms with Crippen LogP contribution >= 0.6 is 43.2 Å². The molecule has 25 heavy (non-hydrogen) atoms. The Morgan fingerprint density at radius 1 is 1.28 bits per heavy atom. The van der Waals surface area contributed by atoms with Crippen molar-refractivity contribution in [2.45, 2.75) is 76.2 Å². The van der Waals surface area contributed by atoms with Crippen molar-refractivity contribution in [2.24, 2.45) is 11.8 Å². The summed E-state index contributed by atoms with van der Waals surface area (Å²) in [6.45, 7) is 8.42. The molecule has 1 aliphatic heterocycles. The van der Waals surface area contributed by atoms with Gasteiger partial charge in [-0.15, -0.1) is 0 Å². The Kier molecular flexibility index (Phi) is 11.4. The molecule has 3 nitrogen and oxygen atoms in total. The zero-order chi connectivity index (χ0) is 18.9. The first-order chi connectivity index (χ1) is 11.7. The van der Waals surface area contributed by atoms with Crippen molar-refractivity contribution in [2.75, 3.05) is 11.5 Å². The van der Waals surface area contributed by atoms with Gasteiger partial charge in [0.2, 0.25) is 0 Å². The monoisotopic (exact) mass is 424 g/mol. The Morgan fingerprint density at radius 2 is 2.00 bits per heavy atom. The van der Waals surface area contributed by atoms with E-state index in [-0.39, 0.29) is 12.2 Å². The third kappa shape index (κ3) is 9.87. The summed E-state index contributed by atoms with van der Waals surface area (Å²) >= 11 is 0. The first-order valence-electron chi connectivity index (χ1n) is 9.07. The van der Waals surface area contributed by atoms with Gasteiger partial charge in [0.25, 0.3) is 0 Å². The molecule has 2 atom stereocenters. The molecule has 0 bridgehead atoms. The first-order valence-corrected chi connectivity index (χ1v) is 13.8. The second-order valence-electron chi connectivity index (χ2n) is 7.55. The van der Waals surface area contributed by atoms with Gasteiger partial charge in [0.05, 0.1) is 10.7 Å². The summed E-state index contributed by atoms with van der Waals surface area (Å²) in [6, 6.07) is 0. The molecule has 1 fully saturated rings. The normalized spacial score (nSPS) is 26.0. The number of carbonyl (C=O) groups excluding carboxylic acids is 1. The maximum atomic E-state index is 12.6. The standard InChI is InChI=1S/C18H32O3S4/c1-13(2)7-5-6-8-15-9-10-22-23-12-14(17(20)21)11-16(19)18(3,4)25-24-15/h13-15H,5-12H2,1-4H3,(H,20,21)/t14-,15-/m1/s1. The van der Waals surface area contributed by atoms with Crippen molar-refractivity contribution < 1.29 is 14.7 Å². The number of Topliss-reactive ketones (excluding diaryl/α,β-unsaturated/α-hetero) is 1. The largest absolute Gasteiger partial charge is 0.481 e. The summed E-state index contributed by atoms with van der Waals surface area (Å²) < 4.78 is -0.522. The maximum absolute atomic E-state index is 12.6. The van der Waals surface area contributed by atoms with Crippen LogP contribution in [0.1, 0.15) is 66.2 Å². The molecular formula is C18H32O3S4. The Balaban J connectivity index is 2.61. The number of aliphatic carboxylic acids is 1. The second kappa shape index (κ2) is 12.1. The van der Waals surface area contributed by atoms with Gasteiger partial charge in [0.1, 0.15) is 5.78 Å². The van der Waals surface area contributed by atoms with E-state index < -0.39 is 16.6 Å². The van der Waals surface area contributed by atoms with Gasteiger partial charge in [0, 0.05) is 23.2 Å². The molecule has 1 rings (SSSR count). The lowest BCUT2D eigenvalue weighted by Crippen LogP contribution is -2.32. The van der Waals surface area contributed by atoms with E-state index in [0.29, 0.717) is 11.0 Å². The summed E-state index contributed by atoms with van der Waals surface area (Å²) in [5, 5.41) is 9.92. The van der Waals surface area contributed by atoms with Gasteiger partial charge in [-0.1, -0.05) is 76.3 Å². The molecule has 0 radical (unpaired) electrons. The summed E-state index contributed by atoms with van der Waals surface area (Å²) in [7, 11) is 6.85. The van der Waals surface area contributed by atoms with E-state index in [1.54, 1.807) is 32.4 Å². The molecule has 0 amide bonds. The van der Waals surface area contributed by atoms with E-state index in [4.69, 9.17) is 0 Å². The summed E-state index contributed by atoms with van der Waals surface area (Å²) in [4.78, 5) is 24.0. The minimum Gasteiger partial charge on any atom is -0.481 e. The number of unbranched alkanes of at least 4 members (excludes halogenated alkanes) is 1. The van der Waals surface area contributed by atoms with Crippen molar-refractivity contribution in [3.05, 3.63) is 0 Å². The van der Waals surface area contributed by atoms with Crippen LogP contribution in [0, 0.1) is 11.8 Å². The first kappa shape index (κ1) is 23.6. The second-order valence-corrected chi connectivity index (χ2v) is 13.3. The van der Waals surface area contributed by atoms with Crippen molar-refractivity contribution >= 4 is 54.9 Å². The van der Waals surface area contributed by atoms with Crippen LogP contribution in [0.3, 0.4) is 0 Å². The van der Waals surface area contributed by atoms with Gasteiger partial charge < -0.3 is 5.11 Å². The predicted molar refractivity (Wildman–Crippen MR) is 117 cm³/mol. The predicted octanol–water partition coefficient (Wildman–Crippen LogP) is 6.18. The van der Waals surface area contributed by atoms with E-state index in [1.165, 1.54) is 25.7 Å². The average molecular weight is 425 g/mol. The number of carboxylic acid groups (broad SMARTS) is 1. The quantitative estimate of drug-likeness (QED) is 0.404. The number of rotatable bonds is 6. The van der Waals surface area contributed by atoms with Crippen LogP contribution in [0.4, 0.5) is 0 Å². The summed E-state index contributed by atoms with van der Waals surface area (Å²) in [5.41, 5.74) is 0. The molecule has 0 aliphatic carbocycles. The van der Waals surface area contributed by atoms with Gasteiger partial charge in [0.15, 0.2) is 0 Å². The number of carbonyl (C=O) groups is 2. The molecule has 0 spiro atoms. The number of hydrogen-bond donors (Lipinski definition) is 1. The van der Waals surface area contributed by atoms with Gasteiger partial charge in [-0.2, -0.15) is 0 Å². The SMILES string of the molecule is CC(C)CCCC[C@@H]1CCSSC[C@H](C(=O)O)CC(=O)C(C)(C)SS1. The lowest BCUT2D eigenvalue weighted by Gasteiger charge is -2.27. The Hall–Kier alpha value is 0.540. The van der Waals surface area contributed by atoms with E-state index in [0.717, 1.165) is 18.1 Å². The third-order valence-corrected chi connectivity index (χ3v) is 10.6. The zero-order valence-electron chi connectivity index (χ0n) is 15.8. The van der Waals surface area contributed by atoms with Gasteiger partial charge in [-0.3, -0.25) is 9.59 Å². The molecule has 0 aromatic heterocycles. The lowest BCUT2D eigenvalue weighted by atomic mass is 9.97. The maximum Gasteiger partial charge on any atom is 0.307 e.